The van der Waals surface area contributed by atoms with Crippen LogP contribution in [0.25, 0.3) is 0 Å². The lowest BCUT2D eigenvalue weighted by Crippen LogP contribution is -2.56. The Hall–Kier alpha value is -1.31. The van der Waals surface area contributed by atoms with E-state index in [9.17, 15) is 13.5 Å². The van der Waals surface area contributed by atoms with Crippen LogP contribution in [0.15, 0.2) is 24.3 Å². The Bertz CT molecular complexity index is 596. The largest absolute Gasteiger partial charge is 0.506 e. The van der Waals surface area contributed by atoms with Crippen molar-refractivity contribution >= 4 is 15.7 Å². The Kier molecular flexibility index (Phi) is 5.31. The number of phenols is 1. The van der Waals surface area contributed by atoms with Gasteiger partial charge < -0.3 is 9.59 Å². The van der Waals surface area contributed by atoms with Crippen molar-refractivity contribution in [1.29, 1.82) is 0 Å². The van der Waals surface area contributed by atoms with Gasteiger partial charge in [-0.15, -0.1) is 0 Å². The zero-order valence-corrected chi connectivity index (χ0v) is 14.1. The van der Waals surface area contributed by atoms with Crippen LogP contribution >= 0.6 is 0 Å². The van der Waals surface area contributed by atoms with E-state index in [0.717, 1.165) is 37.2 Å². The lowest BCUT2D eigenvalue weighted by Gasteiger charge is -2.41. The molecule has 7 heteroatoms. The predicted molar refractivity (Wildman–Crippen MR) is 88.4 cm³/mol. The molecule has 0 spiro atoms. The van der Waals surface area contributed by atoms with Gasteiger partial charge in [0.15, 0.2) is 0 Å². The van der Waals surface area contributed by atoms with Gasteiger partial charge in [0.25, 0.3) is 0 Å². The van der Waals surface area contributed by atoms with E-state index in [1.54, 1.807) is 18.2 Å². The van der Waals surface area contributed by atoms with Crippen molar-refractivity contribution in [2.24, 2.45) is 0 Å². The third-order valence-corrected chi connectivity index (χ3v) is 5.68. The summed E-state index contributed by atoms with van der Waals surface area (Å²) in [5.41, 5.74) is 0.238. The summed E-state index contributed by atoms with van der Waals surface area (Å²) in [7, 11) is 0.880. The van der Waals surface area contributed by atoms with E-state index in [1.807, 2.05) is 0 Å². The summed E-state index contributed by atoms with van der Waals surface area (Å²) in [6.07, 6.45) is 0.614. The van der Waals surface area contributed by atoms with Crippen molar-refractivity contribution in [3.63, 3.8) is 0 Å². The van der Waals surface area contributed by atoms with Crippen molar-refractivity contribution in [3.05, 3.63) is 24.3 Å². The summed E-state index contributed by atoms with van der Waals surface area (Å²) in [6.45, 7) is 5.08. The number of phenolic OH excluding ortho intramolecular Hbond substituents is 1. The van der Waals surface area contributed by atoms with Gasteiger partial charge in [-0.3, -0.25) is 9.62 Å². The van der Waals surface area contributed by atoms with Crippen LogP contribution < -0.4 is 4.72 Å². The maximum absolute atomic E-state index is 12.1. The van der Waals surface area contributed by atoms with Gasteiger partial charge in [-0.25, -0.2) is 8.42 Å². The van der Waals surface area contributed by atoms with Gasteiger partial charge in [0.05, 0.1) is 38.1 Å². The molecule has 2 rings (SSSR count). The molecule has 0 radical (unpaired) electrons. The van der Waals surface area contributed by atoms with Gasteiger partial charge in [0.2, 0.25) is 10.0 Å². The molecular weight excluding hydrogens is 302 g/mol. The molecule has 0 bridgehead atoms. The highest BCUT2D eigenvalue weighted by molar-refractivity contribution is 7.92. The standard InChI is InChI=1S/C15H25N3O3S/c1-17-8-11-18(2,12-9-17)10-5-13-22(20,21)16-14-6-3-4-7-15(14)19/h3-4,6-7,16H,5,8-13H2,1-2H3/p+1. The number of likely N-dealkylation sites (N-methyl/N-ethyl adjacent to an activating group) is 2. The van der Waals surface area contributed by atoms with Crippen molar-refractivity contribution in [2.75, 3.05) is 57.3 Å². The minimum Gasteiger partial charge on any atom is -0.506 e. The van der Waals surface area contributed by atoms with Crippen LogP contribution in [0.4, 0.5) is 5.69 Å². The number of benzene rings is 1. The number of nitrogens with zero attached hydrogens (tertiary/aromatic N) is 2. The van der Waals surface area contributed by atoms with Crippen LogP contribution in [-0.2, 0) is 10.0 Å². The fraction of sp³-hybridized carbons (Fsp3) is 0.600. The highest BCUT2D eigenvalue weighted by Crippen LogP contribution is 2.23. The smallest absolute Gasteiger partial charge is 0.233 e. The Morgan fingerprint density at radius 2 is 1.91 bits per heavy atom. The molecule has 1 saturated heterocycles. The molecule has 1 aliphatic heterocycles. The Morgan fingerprint density at radius 3 is 2.55 bits per heavy atom. The first-order chi connectivity index (χ1) is 10.3. The first kappa shape index (κ1) is 17.1. The highest BCUT2D eigenvalue weighted by Gasteiger charge is 2.27. The molecule has 6 nitrogen and oxygen atoms in total. The van der Waals surface area contributed by atoms with E-state index >= 15 is 0 Å². The molecule has 124 valence electrons. The lowest BCUT2D eigenvalue weighted by molar-refractivity contribution is -0.913. The van der Waals surface area contributed by atoms with Gasteiger partial charge in [-0.2, -0.15) is 0 Å². The molecule has 1 aromatic carbocycles. The number of sulfonamides is 1. The summed E-state index contributed by atoms with van der Waals surface area (Å²) in [5.74, 6) is 0.0227. The zero-order valence-electron chi connectivity index (χ0n) is 13.3. The second-order valence-electron chi connectivity index (χ2n) is 6.39. The fourth-order valence-electron chi connectivity index (χ4n) is 2.69. The minimum atomic E-state index is -3.43. The molecule has 0 atom stereocenters. The molecule has 1 fully saturated rings. The quantitative estimate of drug-likeness (QED) is 0.602. The number of hydrogen-bond acceptors (Lipinski definition) is 4. The molecule has 0 unspecified atom stereocenters. The molecular formula is C15H26N3O3S+. The Balaban J connectivity index is 1.84. The second kappa shape index (κ2) is 6.85. The summed E-state index contributed by atoms with van der Waals surface area (Å²) in [4.78, 5) is 2.30. The third kappa shape index (κ3) is 4.86. The van der Waals surface area contributed by atoms with Crippen LogP contribution in [-0.4, -0.2) is 75.5 Å². The van der Waals surface area contributed by atoms with Crippen LogP contribution in [0.2, 0.25) is 0 Å². The van der Waals surface area contributed by atoms with Crippen LogP contribution in [0.5, 0.6) is 5.75 Å². The lowest BCUT2D eigenvalue weighted by atomic mass is 10.2. The number of para-hydroxylation sites is 2. The number of nitrogens with one attached hydrogen (secondary N) is 1. The highest BCUT2D eigenvalue weighted by atomic mass is 32.2. The number of quaternary nitrogens is 1. The first-order valence-corrected chi connectivity index (χ1v) is 9.25. The summed E-state index contributed by atoms with van der Waals surface area (Å²) < 4.78 is 27.6. The maximum Gasteiger partial charge on any atom is 0.233 e. The Morgan fingerprint density at radius 1 is 1.27 bits per heavy atom. The number of hydrogen-bond donors (Lipinski definition) is 2. The van der Waals surface area contributed by atoms with E-state index in [0.29, 0.717) is 6.42 Å². The monoisotopic (exact) mass is 328 g/mol. The third-order valence-electron chi connectivity index (χ3n) is 4.32. The summed E-state index contributed by atoms with van der Waals surface area (Å²) in [6, 6.07) is 6.37. The molecule has 2 N–H and O–H groups in total. The predicted octanol–water partition coefficient (Wildman–Crippen LogP) is 0.916. The van der Waals surface area contributed by atoms with Crippen molar-refractivity contribution in [3.8, 4) is 5.75 Å². The van der Waals surface area contributed by atoms with Gasteiger partial charge >= 0.3 is 0 Å². The normalized spacial score (nSPS) is 19.0. The maximum atomic E-state index is 12.1. The fourth-order valence-corrected chi connectivity index (χ4v) is 3.81. The number of aromatic hydroxyl groups is 1. The van der Waals surface area contributed by atoms with Gasteiger partial charge in [0.1, 0.15) is 5.75 Å². The molecule has 0 amide bonds. The molecule has 1 aliphatic rings. The SMILES string of the molecule is CN1CC[N+](C)(CCCS(=O)(=O)Nc2ccccc2O)CC1. The second-order valence-corrected chi connectivity index (χ2v) is 8.23. The summed E-state index contributed by atoms with van der Waals surface area (Å²) >= 11 is 0. The van der Waals surface area contributed by atoms with E-state index in [4.69, 9.17) is 0 Å². The topological polar surface area (TPSA) is 69.6 Å². The van der Waals surface area contributed by atoms with Crippen LogP contribution in [0.1, 0.15) is 6.42 Å². The molecule has 1 aromatic rings. The Labute approximate surface area is 133 Å². The van der Waals surface area contributed by atoms with Crippen molar-refractivity contribution in [2.45, 2.75) is 6.42 Å². The number of rotatable bonds is 6. The van der Waals surface area contributed by atoms with E-state index in [2.05, 4.69) is 23.7 Å². The number of piperazine rings is 1. The summed E-state index contributed by atoms with van der Waals surface area (Å²) in [5, 5.41) is 9.63. The van der Waals surface area contributed by atoms with E-state index < -0.39 is 10.0 Å². The molecule has 0 aliphatic carbocycles. The van der Waals surface area contributed by atoms with E-state index in [-0.39, 0.29) is 17.2 Å². The van der Waals surface area contributed by atoms with Gasteiger partial charge in [-0.1, -0.05) is 12.1 Å². The minimum absolute atomic E-state index is 0.0517. The molecule has 1 heterocycles. The zero-order chi connectivity index (χ0) is 16.2. The molecule has 0 aromatic heterocycles. The average Bonchev–Trinajstić information content (AvgIpc) is 2.45. The van der Waals surface area contributed by atoms with Crippen LogP contribution in [0, 0.1) is 0 Å². The van der Waals surface area contributed by atoms with Gasteiger partial charge in [0, 0.05) is 19.5 Å². The molecule has 22 heavy (non-hydrogen) atoms. The van der Waals surface area contributed by atoms with Crippen molar-refractivity contribution in [1.82, 2.24) is 4.90 Å². The molecule has 0 saturated carbocycles. The average molecular weight is 328 g/mol. The van der Waals surface area contributed by atoms with Crippen LogP contribution in [0.3, 0.4) is 0 Å². The van der Waals surface area contributed by atoms with Gasteiger partial charge in [-0.05, 0) is 19.2 Å². The number of anilines is 1. The van der Waals surface area contributed by atoms with E-state index in [1.165, 1.54) is 6.07 Å². The van der Waals surface area contributed by atoms with Crippen molar-refractivity contribution < 1.29 is 18.0 Å². The first-order valence-electron chi connectivity index (χ1n) is 7.60.